The molecule has 0 radical (unpaired) electrons. The van der Waals surface area contributed by atoms with Crippen LogP contribution in [0.3, 0.4) is 0 Å². The van der Waals surface area contributed by atoms with Crippen LogP contribution in [0.25, 0.3) is 11.3 Å². The van der Waals surface area contributed by atoms with Gasteiger partial charge in [0.1, 0.15) is 5.69 Å². The molecule has 0 amide bonds. The number of rotatable bonds is 3. The standard InChI is InChI=1S/C16H13BrClN3/c17-14-4-2-1-3-13(14)16-15(19)10-21(20-16)9-11-5-7-12(18)8-6-11/h1-8,10H,9,19H2. The number of anilines is 1. The maximum atomic E-state index is 6.09. The molecule has 0 aliphatic carbocycles. The average Bonchev–Trinajstić information content (AvgIpc) is 2.83. The van der Waals surface area contributed by atoms with E-state index in [0.29, 0.717) is 12.2 Å². The zero-order valence-corrected chi connectivity index (χ0v) is 13.5. The van der Waals surface area contributed by atoms with Gasteiger partial charge in [0.05, 0.1) is 12.2 Å². The van der Waals surface area contributed by atoms with E-state index in [2.05, 4.69) is 21.0 Å². The monoisotopic (exact) mass is 361 g/mol. The largest absolute Gasteiger partial charge is 0.396 e. The topological polar surface area (TPSA) is 43.8 Å². The first kappa shape index (κ1) is 14.2. The number of aromatic nitrogens is 2. The van der Waals surface area contributed by atoms with Gasteiger partial charge in [0.2, 0.25) is 0 Å². The van der Waals surface area contributed by atoms with E-state index in [1.165, 1.54) is 0 Å². The van der Waals surface area contributed by atoms with Crippen molar-refractivity contribution in [3.63, 3.8) is 0 Å². The van der Waals surface area contributed by atoms with E-state index < -0.39 is 0 Å². The van der Waals surface area contributed by atoms with Crippen molar-refractivity contribution in [1.82, 2.24) is 9.78 Å². The van der Waals surface area contributed by atoms with Gasteiger partial charge in [0.25, 0.3) is 0 Å². The molecule has 0 bridgehead atoms. The van der Waals surface area contributed by atoms with E-state index in [1.807, 2.05) is 59.4 Å². The molecule has 0 unspecified atom stereocenters. The second kappa shape index (κ2) is 5.92. The van der Waals surface area contributed by atoms with Crippen molar-refractivity contribution in [2.24, 2.45) is 0 Å². The second-order valence-corrected chi connectivity index (χ2v) is 6.03. The normalized spacial score (nSPS) is 10.8. The first-order chi connectivity index (χ1) is 10.1. The Bertz CT molecular complexity index is 765. The number of halogens is 2. The third-order valence-electron chi connectivity index (χ3n) is 3.18. The molecule has 1 heterocycles. The van der Waals surface area contributed by atoms with Gasteiger partial charge in [-0.2, -0.15) is 5.10 Å². The Morgan fingerprint density at radius 2 is 1.81 bits per heavy atom. The molecule has 0 saturated heterocycles. The lowest BCUT2D eigenvalue weighted by Crippen LogP contribution is -2.00. The van der Waals surface area contributed by atoms with Gasteiger partial charge in [-0.3, -0.25) is 4.68 Å². The van der Waals surface area contributed by atoms with Gasteiger partial charge in [-0.15, -0.1) is 0 Å². The number of nitrogen functional groups attached to an aromatic ring is 1. The van der Waals surface area contributed by atoms with Crippen LogP contribution >= 0.6 is 27.5 Å². The molecule has 0 aliphatic heterocycles. The van der Waals surface area contributed by atoms with Gasteiger partial charge >= 0.3 is 0 Å². The smallest absolute Gasteiger partial charge is 0.116 e. The van der Waals surface area contributed by atoms with Crippen molar-refractivity contribution in [2.45, 2.75) is 6.54 Å². The van der Waals surface area contributed by atoms with Gasteiger partial charge in [-0.05, 0) is 23.8 Å². The van der Waals surface area contributed by atoms with Crippen LogP contribution in [-0.2, 0) is 6.54 Å². The summed E-state index contributed by atoms with van der Waals surface area (Å²) in [6, 6.07) is 15.6. The Morgan fingerprint density at radius 1 is 1.10 bits per heavy atom. The quantitative estimate of drug-likeness (QED) is 0.740. The molecule has 1 aromatic heterocycles. The van der Waals surface area contributed by atoms with Gasteiger partial charge in [0, 0.05) is 21.3 Å². The summed E-state index contributed by atoms with van der Waals surface area (Å²) in [6.07, 6.45) is 1.85. The van der Waals surface area contributed by atoms with Crippen LogP contribution in [0.5, 0.6) is 0 Å². The van der Waals surface area contributed by atoms with Crippen LogP contribution in [0.4, 0.5) is 5.69 Å². The Morgan fingerprint density at radius 3 is 2.52 bits per heavy atom. The molecule has 21 heavy (non-hydrogen) atoms. The molecule has 0 saturated carbocycles. The van der Waals surface area contributed by atoms with Crippen LogP contribution in [0.2, 0.25) is 5.02 Å². The summed E-state index contributed by atoms with van der Waals surface area (Å²) in [5, 5.41) is 5.32. The van der Waals surface area contributed by atoms with Gasteiger partial charge in [0.15, 0.2) is 0 Å². The summed E-state index contributed by atoms with van der Waals surface area (Å²) in [5.41, 5.74) is 9.66. The fourth-order valence-electron chi connectivity index (χ4n) is 2.16. The molecule has 106 valence electrons. The summed E-state index contributed by atoms with van der Waals surface area (Å²) in [7, 11) is 0. The number of benzene rings is 2. The molecular weight excluding hydrogens is 350 g/mol. The first-order valence-electron chi connectivity index (χ1n) is 6.46. The van der Waals surface area contributed by atoms with Gasteiger partial charge in [-0.1, -0.05) is 57.9 Å². The maximum absolute atomic E-state index is 6.09. The Labute approximate surface area is 136 Å². The van der Waals surface area contributed by atoms with Crippen LogP contribution in [-0.4, -0.2) is 9.78 Å². The SMILES string of the molecule is Nc1cn(Cc2ccc(Cl)cc2)nc1-c1ccccc1Br. The Balaban J connectivity index is 1.91. The predicted molar refractivity (Wildman–Crippen MR) is 90.3 cm³/mol. The van der Waals surface area contributed by atoms with E-state index >= 15 is 0 Å². The highest BCUT2D eigenvalue weighted by Gasteiger charge is 2.11. The highest BCUT2D eigenvalue weighted by molar-refractivity contribution is 9.10. The van der Waals surface area contributed by atoms with E-state index in [-0.39, 0.29) is 0 Å². The molecule has 0 spiro atoms. The molecule has 0 fully saturated rings. The molecule has 0 aliphatic rings. The number of hydrogen-bond donors (Lipinski definition) is 1. The summed E-state index contributed by atoms with van der Waals surface area (Å²) >= 11 is 9.43. The Hall–Kier alpha value is -1.78. The molecule has 2 N–H and O–H groups in total. The van der Waals surface area contributed by atoms with Crippen molar-refractivity contribution in [2.75, 3.05) is 5.73 Å². The molecule has 2 aromatic carbocycles. The van der Waals surface area contributed by atoms with Crippen molar-refractivity contribution in [1.29, 1.82) is 0 Å². The summed E-state index contributed by atoms with van der Waals surface area (Å²) in [6.45, 7) is 0.659. The number of nitrogens with zero attached hydrogens (tertiary/aromatic N) is 2. The van der Waals surface area contributed by atoms with Crippen LogP contribution < -0.4 is 5.73 Å². The maximum Gasteiger partial charge on any atom is 0.116 e. The van der Waals surface area contributed by atoms with Crippen molar-refractivity contribution >= 4 is 33.2 Å². The summed E-state index contributed by atoms with van der Waals surface area (Å²) in [4.78, 5) is 0. The predicted octanol–water partition coefficient (Wildman–Crippen LogP) is 4.60. The third kappa shape index (κ3) is 3.12. The lowest BCUT2D eigenvalue weighted by Gasteiger charge is -2.03. The molecule has 5 heteroatoms. The van der Waals surface area contributed by atoms with E-state index in [0.717, 1.165) is 26.3 Å². The molecule has 3 rings (SSSR count). The highest BCUT2D eigenvalue weighted by atomic mass is 79.9. The van der Waals surface area contributed by atoms with Crippen molar-refractivity contribution < 1.29 is 0 Å². The summed E-state index contributed by atoms with van der Waals surface area (Å²) < 4.78 is 2.82. The number of nitrogens with two attached hydrogens (primary N) is 1. The minimum atomic E-state index is 0.659. The van der Waals surface area contributed by atoms with Gasteiger partial charge < -0.3 is 5.73 Å². The third-order valence-corrected chi connectivity index (χ3v) is 4.12. The molecule has 3 nitrogen and oxygen atoms in total. The highest BCUT2D eigenvalue weighted by Crippen LogP contribution is 2.30. The van der Waals surface area contributed by atoms with Crippen molar-refractivity contribution in [3.8, 4) is 11.3 Å². The minimum Gasteiger partial charge on any atom is -0.396 e. The minimum absolute atomic E-state index is 0.659. The van der Waals surface area contributed by atoms with E-state index in [1.54, 1.807) is 0 Å². The van der Waals surface area contributed by atoms with Crippen LogP contribution in [0.1, 0.15) is 5.56 Å². The lowest BCUT2D eigenvalue weighted by molar-refractivity contribution is 0.689. The fourth-order valence-corrected chi connectivity index (χ4v) is 2.76. The fraction of sp³-hybridized carbons (Fsp3) is 0.0625. The van der Waals surface area contributed by atoms with Crippen molar-refractivity contribution in [3.05, 3.63) is 69.8 Å². The number of hydrogen-bond acceptors (Lipinski definition) is 2. The summed E-state index contributed by atoms with van der Waals surface area (Å²) in [5.74, 6) is 0. The van der Waals surface area contributed by atoms with Crippen LogP contribution in [0.15, 0.2) is 59.2 Å². The Kier molecular flexibility index (Phi) is 3.99. The molecule has 3 aromatic rings. The van der Waals surface area contributed by atoms with E-state index in [9.17, 15) is 0 Å². The molecular formula is C16H13BrClN3. The van der Waals surface area contributed by atoms with E-state index in [4.69, 9.17) is 17.3 Å². The van der Waals surface area contributed by atoms with Crippen LogP contribution in [0, 0.1) is 0 Å². The average molecular weight is 363 g/mol. The zero-order chi connectivity index (χ0) is 14.8. The van der Waals surface area contributed by atoms with Gasteiger partial charge in [-0.25, -0.2) is 0 Å². The second-order valence-electron chi connectivity index (χ2n) is 4.74. The zero-order valence-electron chi connectivity index (χ0n) is 11.1. The first-order valence-corrected chi connectivity index (χ1v) is 7.63. The molecule has 0 atom stereocenters. The lowest BCUT2D eigenvalue weighted by atomic mass is 10.1.